The highest BCUT2D eigenvalue weighted by molar-refractivity contribution is 6.84. The number of ether oxygens (including phenoxy) is 1. The summed E-state index contributed by atoms with van der Waals surface area (Å²) in [5.41, 5.74) is 7.11. The van der Waals surface area contributed by atoms with Gasteiger partial charge in [-0.25, -0.2) is 8.78 Å². The number of aromatic nitrogens is 1. The molecule has 200 valence electrons. The number of nitrogens with one attached hydrogen (secondary N) is 2. The van der Waals surface area contributed by atoms with Crippen molar-refractivity contribution < 1.29 is 18.3 Å². The van der Waals surface area contributed by atoms with Crippen LogP contribution in [0.5, 0.6) is 0 Å². The Morgan fingerprint density at radius 2 is 1.87 bits per heavy atom. The van der Waals surface area contributed by atoms with E-state index in [2.05, 4.69) is 60.5 Å². The van der Waals surface area contributed by atoms with Crippen LogP contribution in [0.2, 0.25) is 19.6 Å². The molecule has 38 heavy (non-hydrogen) atoms. The Kier molecular flexibility index (Phi) is 7.45. The second-order valence-corrected chi connectivity index (χ2v) is 16.1. The van der Waals surface area contributed by atoms with Gasteiger partial charge in [-0.15, -0.1) is 5.54 Å². The van der Waals surface area contributed by atoms with Crippen LogP contribution < -0.4 is 5.32 Å². The number of unbranched alkanes of at least 4 members (excludes halogenated alkanes) is 1. The molecule has 2 aliphatic heterocycles. The molecule has 2 atom stereocenters. The van der Waals surface area contributed by atoms with Crippen molar-refractivity contribution in [1.29, 1.82) is 0 Å². The molecule has 2 N–H and O–H groups in total. The van der Waals surface area contributed by atoms with Gasteiger partial charge in [0.1, 0.15) is 19.7 Å². The lowest BCUT2D eigenvalue weighted by molar-refractivity contribution is -0.130. The van der Waals surface area contributed by atoms with Crippen LogP contribution in [0.3, 0.4) is 0 Å². The minimum absolute atomic E-state index is 0.263. The Bertz CT molecular complexity index is 1400. The van der Waals surface area contributed by atoms with Gasteiger partial charge in [0.2, 0.25) is 0 Å². The summed E-state index contributed by atoms with van der Waals surface area (Å²) in [6.07, 6.45) is 2.02. The number of hydrogen-bond donors (Lipinski definition) is 2. The van der Waals surface area contributed by atoms with E-state index < -0.39 is 25.8 Å². The van der Waals surface area contributed by atoms with Crippen LogP contribution in [0.1, 0.15) is 54.1 Å². The molecule has 8 heteroatoms. The van der Waals surface area contributed by atoms with E-state index in [9.17, 15) is 13.6 Å². The first-order chi connectivity index (χ1) is 18.2. The highest BCUT2D eigenvalue weighted by atomic mass is 28.3. The third kappa shape index (κ3) is 5.28. The molecular weight excluding hydrogens is 500 g/mol. The van der Waals surface area contributed by atoms with Gasteiger partial charge in [0, 0.05) is 29.5 Å². The van der Waals surface area contributed by atoms with E-state index in [0.29, 0.717) is 36.6 Å². The van der Waals surface area contributed by atoms with Crippen LogP contribution in [0.15, 0.2) is 36.4 Å². The molecule has 0 aliphatic carbocycles. The standard InChI is InChI=1S/C30H35F2N3O2Si/c1-5-6-12-33-26-16-24-23-14-22(31)15-25(32)28(23)34-29(24)30(35(26)27(36)11-13-38(2,3)4)20-9-7-19(8-10-20)21-17-37-18-21/h7-10,14-15,21,26,30,33-34H,5-6,12,16-18H2,1-4H3/t26-,30+/m1/s1. The molecule has 0 saturated carbocycles. The zero-order chi connectivity index (χ0) is 27.0. The van der Waals surface area contributed by atoms with Gasteiger partial charge in [0.15, 0.2) is 0 Å². The van der Waals surface area contributed by atoms with Crippen molar-refractivity contribution >= 4 is 24.9 Å². The van der Waals surface area contributed by atoms with E-state index in [4.69, 9.17) is 4.74 Å². The Hall–Kier alpha value is -2.99. The Morgan fingerprint density at radius 1 is 1.16 bits per heavy atom. The van der Waals surface area contributed by atoms with E-state index in [0.717, 1.165) is 36.6 Å². The third-order valence-corrected chi connectivity index (χ3v) is 8.18. The second kappa shape index (κ2) is 10.6. The molecule has 5 nitrogen and oxygen atoms in total. The number of fused-ring (bicyclic) bond motifs is 3. The number of rotatable bonds is 6. The van der Waals surface area contributed by atoms with Crippen LogP contribution in [-0.4, -0.2) is 49.8 Å². The molecule has 2 aromatic carbocycles. The summed E-state index contributed by atoms with van der Waals surface area (Å²) < 4.78 is 34.6. The molecule has 1 fully saturated rings. The predicted octanol–water partition coefficient (Wildman–Crippen LogP) is 5.63. The number of benzene rings is 2. The first-order valence-corrected chi connectivity index (χ1v) is 16.9. The number of carbonyl (C=O) groups is 1. The van der Waals surface area contributed by atoms with Gasteiger partial charge in [-0.2, -0.15) is 0 Å². The first kappa shape index (κ1) is 26.6. The minimum atomic E-state index is -1.81. The van der Waals surface area contributed by atoms with Gasteiger partial charge in [-0.1, -0.05) is 57.3 Å². The lowest BCUT2D eigenvalue weighted by Gasteiger charge is -2.42. The van der Waals surface area contributed by atoms with Crippen molar-refractivity contribution in [3.8, 4) is 11.5 Å². The second-order valence-electron chi connectivity index (χ2n) is 11.4. The SMILES string of the molecule is CCCCN[C@H]1Cc2c([nH]c3c(F)cc(F)cc23)[C@H](c2ccc(C3COC3)cc2)N1C(=O)C#C[Si](C)(C)C. The molecule has 3 aromatic rings. The van der Waals surface area contributed by atoms with E-state index >= 15 is 0 Å². The normalized spacial score (nSPS) is 19.6. The van der Waals surface area contributed by atoms with Crippen LogP contribution in [0.25, 0.3) is 10.9 Å². The minimum Gasteiger partial charge on any atom is -0.380 e. The smallest absolute Gasteiger partial charge is 0.299 e. The maximum atomic E-state index is 14.9. The van der Waals surface area contributed by atoms with Crippen molar-refractivity contribution in [2.24, 2.45) is 0 Å². The monoisotopic (exact) mass is 535 g/mol. The fraction of sp³-hybridized carbons (Fsp3) is 0.433. The lowest BCUT2D eigenvalue weighted by Crippen LogP contribution is -2.54. The molecule has 1 amide bonds. The number of halogens is 2. The fourth-order valence-electron chi connectivity index (χ4n) is 5.24. The molecular formula is C30H35F2N3O2Si. The van der Waals surface area contributed by atoms with Gasteiger partial charge in [0.05, 0.1) is 30.9 Å². The molecule has 1 aromatic heterocycles. The van der Waals surface area contributed by atoms with Crippen LogP contribution >= 0.6 is 0 Å². The average Bonchev–Trinajstić information content (AvgIpc) is 3.19. The summed E-state index contributed by atoms with van der Waals surface area (Å²) >= 11 is 0. The van der Waals surface area contributed by atoms with Crippen molar-refractivity contribution in [2.45, 2.75) is 64.0 Å². The van der Waals surface area contributed by atoms with Gasteiger partial charge >= 0.3 is 0 Å². The summed E-state index contributed by atoms with van der Waals surface area (Å²) in [6, 6.07) is 9.98. The maximum Gasteiger partial charge on any atom is 0.299 e. The Morgan fingerprint density at radius 3 is 2.50 bits per heavy atom. The average molecular weight is 536 g/mol. The van der Waals surface area contributed by atoms with Crippen molar-refractivity contribution in [3.63, 3.8) is 0 Å². The van der Waals surface area contributed by atoms with Crippen LogP contribution in [-0.2, 0) is 16.0 Å². The number of aromatic amines is 1. The summed E-state index contributed by atoms with van der Waals surface area (Å²) in [6.45, 7) is 10.6. The quantitative estimate of drug-likeness (QED) is 0.244. The maximum absolute atomic E-state index is 14.9. The van der Waals surface area contributed by atoms with Gasteiger partial charge in [-0.05, 0) is 41.6 Å². The highest BCUT2D eigenvalue weighted by Gasteiger charge is 2.40. The molecule has 0 bridgehead atoms. The number of nitrogens with zero attached hydrogens (tertiary/aromatic N) is 1. The largest absolute Gasteiger partial charge is 0.380 e. The van der Waals surface area contributed by atoms with Gasteiger partial charge in [-0.3, -0.25) is 10.1 Å². The lowest BCUT2D eigenvalue weighted by atomic mass is 9.88. The first-order valence-electron chi connectivity index (χ1n) is 13.4. The topological polar surface area (TPSA) is 57.4 Å². The van der Waals surface area contributed by atoms with Crippen LogP contribution in [0, 0.1) is 23.1 Å². The number of hydrogen-bond acceptors (Lipinski definition) is 3. The van der Waals surface area contributed by atoms with Crippen LogP contribution in [0.4, 0.5) is 8.78 Å². The number of H-pyrrole nitrogens is 1. The number of carbonyl (C=O) groups excluding carboxylic acids is 1. The summed E-state index contributed by atoms with van der Waals surface area (Å²) in [5.74, 6) is 1.80. The Labute approximate surface area is 224 Å². The van der Waals surface area contributed by atoms with Crippen molar-refractivity contribution in [3.05, 3.63) is 70.4 Å². The molecule has 1 saturated heterocycles. The van der Waals surface area contributed by atoms with E-state index in [1.165, 1.54) is 11.6 Å². The molecule has 0 radical (unpaired) electrons. The zero-order valence-corrected chi connectivity index (χ0v) is 23.5. The predicted molar refractivity (Wildman–Crippen MR) is 148 cm³/mol. The van der Waals surface area contributed by atoms with Gasteiger partial charge < -0.3 is 14.6 Å². The van der Waals surface area contributed by atoms with Crippen molar-refractivity contribution in [1.82, 2.24) is 15.2 Å². The van der Waals surface area contributed by atoms with E-state index in [-0.39, 0.29) is 17.6 Å². The molecule has 0 spiro atoms. The van der Waals surface area contributed by atoms with E-state index in [1.807, 2.05) is 12.1 Å². The molecule has 0 unspecified atom stereocenters. The third-order valence-electron chi connectivity index (χ3n) is 7.30. The number of amides is 1. The van der Waals surface area contributed by atoms with Gasteiger partial charge in [0.25, 0.3) is 5.91 Å². The van der Waals surface area contributed by atoms with E-state index in [1.54, 1.807) is 4.90 Å². The van der Waals surface area contributed by atoms with Crippen molar-refractivity contribution in [2.75, 3.05) is 19.8 Å². The zero-order valence-electron chi connectivity index (χ0n) is 22.5. The summed E-state index contributed by atoms with van der Waals surface area (Å²) in [7, 11) is -1.81. The summed E-state index contributed by atoms with van der Waals surface area (Å²) in [5, 5.41) is 4.08. The highest BCUT2D eigenvalue weighted by Crippen LogP contribution is 2.41. The molecule has 2 aliphatic rings. The fourth-order valence-corrected chi connectivity index (χ4v) is 5.73. The molecule has 3 heterocycles. The summed E-state index contributed by atoms with van der Waals surface area (Å²) in [4.78, 5) is 18.9. The Balaban J connectivity index is 1.66. The molecule has 5 rings (SSSR count).